The van der Waals surface area contributed by atoms with Crippen molar-refractivity contribution in [1.29, 1.82) is 0 Å². The molecule has 0 unspecified atom stereocenters. The summed E-state index contributed by atoms with van der Waals surface area (Å²) in [5.74, 6) is -2.59. The predicted octanol–water partition coefficient (Wildman–Crippen LogP) is 1.12. The van der Waals surface area contributed by atoms with Gasteiger partial charge >= 0.3 is 12.0 Å². The third-order valence-electron chi connectivity index (χ3n) is 2.75. The number of benzene rings is 1. The number of hydrogen-bond acceptors (Lipinski definition) is 3. The van der Waals surface area contributed by atoms with Crippen LogP contribution in [0.4, 0.5) is 14.9 Å². The van der Waals surface area contributed by atoms with E-state index in [1.165, 1.54) is 11.0 Å². The molecule has 0 aliphatic rings. The van der Waals surface area contributed by atoms with E-state index in [0.717, 1.165) is 12.1 Å². The van der Waals surface area contributed by atoms with Crippen molar-refractivity contribution >= 4 is 23.6 Å². The fourth-order valence-corrected chi connectivity index (χ4v) is 1.41. The Labute approximate surface area is 120 Å². The molecule has 1 rings (SSSR count). The van der Waals surface area contributed by atoms with E-state index in [1.54, 1.807) is 14.0 Å². The maximum atomic E-state index is 13.2. The summed E-state index contributed by atoms with van der Waals surface area (Å²) in [6, 6.07) is 2.48. The largest absolute Gasteiger partial charge is 0.478 e. The minimum atomic E-state index is -1.43. The van der Waals surface area contributed by atoms with Crippen LogP contribution in [0.3, 0.4) is 0 Å². The van der Waals surface area contributed by atoms with Gasteiger partial charge in [0, 0.05) is 19.3 Å². The minimum Gasteiger partial charge on any atom is -0.478 e. The van der Waals surface area contributed by atoms with Crippen molar-refractivity contribution in [2.45, 2.75) is 6.92 Å². The lowest BCUT2D eigenvalue weighted by atomic mass is 10.2. The summed E-state index contributed by atoms with van der Waals surface area (Å²) < 4.78 is 13.2. The zero-order valence-corrected chi connectivity index (χ0v) is 11.6. The number of aromatic carboxylic acids is 1. The van der Waals surface area contributed by atoms with E-state index in [1.807, 2.05) is 0 Å². The Morgan fingerprint density at radius 3 is 2.57 bits per heavy atom. The number of carboxylic acid groups (broad SMARTS) is 1. The normalized spacial score (nSPS) is 9.86. The van der Waals surface area contributed by atoms with Crippen LogP contribution in [0.5, 0.6) is 0 Å². The molecule has 21 heavy (non-hydrogen) atoms. The molecular weight excluding hydrogens is 281 g/mol. The first-order chi connectivity index (χ1) is 9.85. The highest BCUT2D eigenvalue weighted by Gasteiger charge is 2.13. The molecule has 0 saturated carbocycles. The number of halogens is 1. The molecule has 0 saturated heterocycles. The molecule has 0 bridgehead atoms. The first kappa shape index (κ1) is 16.4. The Balaban J connectivity index is 2.61. The number of carbonyl (C=O) groups excluding carboxylic acids is 2. The van der Waals surface area contributed by atoms with E-state index < -0.39 is 23.4 Å². The van der Waals surface area contributed by atoms with Crippen molar-refractivity contribution in [3.8, 4) is 0 Å². The second kappa shape index (κ2) is 7.22. The standard InChI is InChI=1S/C13H16FN3O4/c1-3-17(2)11(18)7-15-13(21)16-8-4-5-10(14)9(6-8)12(19)20/h4-6H,3,7H2,1-2H3,(H,19,20)(H2,15,16,21). The molecule has 3 amide bonds. The number of likely N-dealkylation sites (N-methyl/N-ethyl adjacent to an activating group) is 1. The molecule has 0 atom stereocenters. The van der Waals surface area contributed by atoms with Gasteiger partial charge in [0.1, 0.15) is 5.82 Å². The Hall–Kier alpha value is -2.64. The number of carboxylic acids is 1. The molecule has 8 heteroatoms. The van der Waals surface area contributed by atoms with E-state index in [2.05, 4.69) is 10.6 Å². The molecule has 0 aliphatic carbocycles. The quantitative estimate of drug-likeness (QED) is 0.758. The average molecular weight is 297 g/mol. The van der Waals surface area contributed by atoms with Gasteiger partial charge < -0.3 is 20.6 Å². The average Bonchev–Trinajstić information content (AvgIpc) is 2.45. The molecular formula is C13H16FN3O4. The van der Waals surface area contributed by atoms with Gasteiger partial charge in [-0.2, -0.15) is 0 Å². The van der Waals surface area contributed by atoms with Crippen LogP contribution in [0.25, 0.3) is 0 Å². The Morgan fingerprint density at radius 1 is 1.33 bits per heavy atom. The van der Waals surface area contributed by atoms with Crippen molar-refractivity contribution in [3.63, 3.8) is 0 Å². The van der Waals surface area contributed by atoms with Gasteiger partial charge in [0.15, 0.2) is 0 Å². The Kier molecular flexibility index (Phi) is 5.65. The Morgan fingerprint density at radius 2 is 2.00 bits per heavy atom. The van der Waals surface area contributed by atoms with Gasteiger partial charge in [-0.15, -0.1) is 0 Å². The minimum absolute atomic E-state index is 0.114. The topological polar surface area (TPSA) is 98.7 Å². The van der Waals surface area contributed by atoms with Gasteiger partial charge in [0.05, 0.1) is 12.1 Å². The lowest BCUT2D eigenvalue weighted by Crippen LogP contribution is -2.39. The lowest BCUT2D eigenvalue weighted by Gasteiger charge is -2.15. The summed E-state index contributed by atoms with van der Waals surface area (Å²) in [4.78, 5) is 35.2. The highest BCUT2D eigenvalue weighted by atomic mass is 19.1. The predicted molar refractivity (Wildman–Crippen MR) is 73.7 cm³/mol. The molecule has 1 aromatic rings. The number of nitrogens with zero attached hydrogens (tertiary/aromatic N) is 1. The van der Waals surface area contributed by atoms with E-state index in [0.29, 0.717) is 6.54 Å². The van der Waals surface area contributed by atoms with Crippen LogP contribution in [0.2, 0.25) is 0 Å². The number of amides is 3. The third kappa shape index (κ3) is 4.75. The number of anilines is 1. The monoisotopic (exact) mass is 297 g/mol. The van der Waals surface area contributed by atoms with Crippen molar-refractivity contribution in [2.75, 3.05) is 25.5 Å². The van der Waals surface area contributed by atoms with Crippen molar-refractivity contribution < 1.29 is 23.9 Å². The molecule has 0 fully saturated rings. The number of hydrogen-bond donors (Lipinski definition) is 3. The molecule has 0 aromatic heterocycles. The highest BCUT2D eigenvalue weighted by Crippen LogP contribution is 2.14. The Bertz CT molecular complexity index is 562. The van der Waals surface area contributed by atoms with Gasteiger partial charge in [0.25, 0.3) is 0 Å². The molecule has 7 nitrogen and oxygen atoms in total. The van der Waals surface area contributed by atoms with Crippen molar-refractivity contribution in [2.24, 2.45) is 0 Å². The molecule has 114 valence electrons. The number of carbonyl (C=O) groups is 3. The van der Waals surface area contributed by atoms with E-state index in [4.69, 9.17) is 5.11 Å². The van der Waals surface area contributed by atoms with E-state index in [9.17, 15) is 18.8 Å². The molecule has 1 aromatic carbocycles. The summed E-state index contributed by atoms with van der Waals surface area (Å²) in [6.07, 6.45) is 0. The highest BCUT2D eigenvalue weighted by molar-refractivity contribution is 5.94. The fourth-order valence-electron chi connectivity index (χ4n) is 1.41. The second-order valence-electron chi connectivity index (χ2n) is 4.22. The van der Waals surface area contributed by atoms with E-state index in [-0.39, 0.29) is 18.1 Å². The summed E-state index contributed by atoms with van der Waals surface area (Å²) in [7, 11) is 1.60. The van der Waals surface area contributed by atoms with Crippen molar-refractivity contribution in [1.82, 2.24) is 10.2 Å². The van der Waals surface area contributed by atoms with Crippen molar-refractivity contribution in [3.05, 3.63) is 29.6 Å². The molecule has 0 heterocycles. The molecule has 0 aliphatic heterocycles. The van der Waals surface area contributed by atoms with Crippen LogP contribution >= 0.6 is 0 Å². The lowest BCUT2D eigenvalue weighted by molar-refractivity contribution is -0.128. The van der Waals surface area contributed by atoms with Crippen LogP contribution in [0.15, 0.2) is 18.2 Å². The zero-order chi connectivity index (χ0) is 16.0. The van der Waals surface area contributed by atoms with Gasteiger partial charge in [-0.1, -0.05) is 0 Å². The number of nitrogens with one attached hydrogen (secondary N) is 2. The van der Waals surface area contributed by atoms with Gasteiger partial charge in [-0.05, 0) is 25.1 Å². The zero-order valence-electron chi connectivity index (χ0n) is 11.6. The summed E-state index contributed by atoms with van der Waals surface area (Å²) in [6.45, 7) is 2.12. The maximum Gasteiger partial charge on any atom is 0.338 e. The summed E-state index contributed by atoms with van der Waals surface area (Å²) >= 11 is 0. The van der Waals surface area contributed by atoms with Crippen LogP contribution in [0.1, 0.15) is 17.3 Å². The SMILES string of the molecule is CCN(C)C(=O)CNC(=O)Nc1ccc(F)c(C(=O)O)c1. The smallest absolute Gasteiger partial charge is 0.338 e. The molecule has 3 N–H and O–H groups in total. The molecule has 0 spiro atoms. The fraction of sp³-hybridized carbons (Fsp3) is 0.308. The maximum absolute atomic E-state index is 13.2. The summed E-state index contributed by atoms with van der Waals surface area (Å²) in [5, 5.41) is 13.4. The van der Waals surface area contributed by atoms with Crippen LogP contribution in [-0.2, 0) is 4.79 Å². The van der Waals surface area contributed by atoms with Gasteiger partial charge in [-0.3, -0.25) is 4.79 Å². The first-order valence-electron chi connectivity index (χ1n) is 6.16. The summed E-state index contributed by atoms with van der Waals surface area (Å²) in [5.41, 5.74) is -0.433. The van der Waals surface area contributed by atoms with Gasteiger partial charge in [-0.25, -0.2) is 14.0 Å². The van der Waals surface area contributed by atoms with Gasteiger partial charge in [0.2, 0.25) is 5.91 Å². The number of rotatable bonds is 5. The first-order valence-corrected chi connectivity index (χ1v) is 6.16. The van der Waals surface area contributed by atoms with Crippen LogP contribution < -0.4 is 10.6 Å². The van der Waals surface area contributed by atoms with Crippen LogP contribution in [0, 0.1) is 5.82 Å². The van der Waals surface area contributed by atoms with Crippen LogP contribution in [-0.4, -0.2) is 48.1 Å². The molecule has 0 radical (unpaired) electrons. The second-order valence-corrected chi connectivity index (χ2v) is 4.22. The number of urea groups is 1. The van der Waals surface area contributed by atoms with E-state index >= 15 is 0 Å². The third-order valence-corrected chi connectivity index (χ3v) is 2.75.